The summed E-state index contributed by atoms with van der Waals surface area (Å²) in [6, 6.07) is 7.31. The van der Waals surface area contributed by atoms with Gasteiger partial charge >= 0.3 is 5.38 Å². The summed E-state index contributed by atoms with van der Waals surface area (Å²) in [5, 5.41) is 0.230. The molecule has 0 amide bonds. The van der Waals surface area contributed by atoms with Crippen molar-refractivity contribution >= 4 is 23.0 Å². The van der Waals surface area contributed by atoms with Gasteiger partial charge in [-0.05, 0) is 23.7 Å². The molecule has 1 heterocycles. The van der Waals surface area contributed by atoms with Crippen LogP contribution >= 0.6 is 11.6 Å². The number of quaternary nitrogens is 1. The van der Waals surface area contributed by atoms with Crippen LogP contribution in [-0.4, -0.2) is 18.1 Å². The predicted molar refractivity (Wildman–Crippen MR) is 86.8 cm³/mol. The van der Waals surface area contributed by atoms with E-state index < -0.39 is 33.1 Å². The second-order valence-corrected chi connectivity index (χ2v) is 6.06. The first-order valence-corrected chi connectivity index (χ1v) is 7.47. The predicted octanol–water partition coefficient (Wildman–Crippen LogP) is 5.42. The fourth-order valence-corrected chi connectivity index (χ4v) is 2.72. The minimum Gasteiger partial charge on any atom is -0.206 e. The van der Waals surface area contributed by atoms with E-state index >= 15 is 0 Å². The van der Waals surface area contributed by atoms with E-state index in [0.29, 0.717) is 11.8 Å². The lowest BCUT2D eigenvalue weighted by molar-refractivity contribution is 0.175. The van der Waals surface area contributed by atoms with Crippen LogP contribution in [-0.2, 0) is 0 Å². The quantitative estimate of drug-likeness (QED) is 0.295. The van der Waals surface area contributed by atoms with Crippen molar-refractivity contribution in [1.29, 1.82) is 0 Å². The smallest absolute Gasteiger partial charge is 0.206 e. The summed E-state index contributed by atoms with van der Waals surface area (Å²) in [6.07, 6.45) is 2.40. The lowest BCUT2D eigenvalue weighted by Crippen LogP contribution is -2.32. The monoisotopic (exact) mass is 373 g/mol. The average molecular weight is 374 g/mol. The van der Waals surface area contributed by atoms with Gasteiger partial charge in [-0.25, -0.2) is 13.2 Å². The second-order valence-electron chi connectivity index (χ2n) is 5.59. The fourth-order valence-electron chi connectivity index (χ4n) is 2.62. The summed E-state index contributed by atoms with van der Waals surface area (Å²) in [5.74, 6) is -3.52. The maximum atomic E-state index is 14.2. The van der Waals surface area contributed by atoms with Gasteiger partial charge in [0.15, 0.2) is 23.0 Å². The van der Waals surface area contributed by atoms with E-state index in [1.54, 1.807) is 12.1 Å². The molecule has 1 unspecified atom stereocenters. The Kier molecular flexibility index (Phi) is 4.17. The number of hydrogen-bond donors (Lipinski definition) is 0. The first-order valence-electron chi connectivity index (χ1n) is 7.09. The zero-order chi connectivity index (χ0) is 18.4. The van der Waals surface area contributed by atoms with E-state index in [9.17, 15) is 22.0 Å². The van der Waals surface area contributed by atoms with E-state index in [1.165, 1.54) is 25.4 Å². The van der Waals surface area contributed by atoms with Crippen LogP contribution in [0.3, 0.4) is 0 Å². The van der Waals surface area contributed by atoms with Gasteiger partial charge in [0, 0.05) is 29.3 Å². The largest absolute Gasteiger partial charge is 0.370 e. The first-order chi connectivity index (χ1) is 11.6. The van der Waals surface area contributed by atoms with E-state index in [1.807, 2.05) is 0 Å². The van der Waals surface area contributed by atoms with Gasteiger partial charge in [0.05, 0.1) is 0 Å². The lowest BCUT2D eigenvalue weighted by atomic mass is 10.0. The number of hydrogen-bond acceptors (Lipinski definition) is 1. The molecule has 2 aromatic rings. The van der Waals surface area contributed by atoms with Crippen LogP contribution in [0.15, 0.2) is 53.8 Å². The lowest BCUT2D eigenvalue weighted by Gasteiger charge is -2.23. The normalized spacial score (nSPS) is 20.0. The third-order valence-electron chi connectivity index (χ3n) is 3.82. The summed E-state index contributed by atoms with van der Waals surface area (Å²) >= 11 is 5.00. The molecule has 0 fully saturated rings. The molecule has 0 saturated carbocycles. The van der Waals surface area contributed by atoms with Crippen LogP contribution in [0.4, 0.5) is 27.6 Å². The van der Waals surface area contributed by atoms with E-state index in [2.05, 4.69) is 5.10 Å². The molecule has 0 radical (unpaired) electrons. The molecule has 1 aliphatic rings. The van der Waals surface area contributed by atoms with Gasteiger partial charge in [0.2, 0.25) is 0 Å². The average Bonchev–Trinajstić information content (AvgIpc) is 2.95. The zero-order valence-electron chi connectivity index (χ0n) is 12.8. The summed E-state index contributed by atoms with van der Waals surface area (Å²) in [5.41, 5.74) is -0.380. The number of alkyl halides is 3. The van der Waals surface area contributed by atoms with Crippen molar-refractivity contribution in [2.24, 2.45) is 5.10 Å². The molecular weight excluding hydrogens is 363 g/mol. The number of rotatable bonds is 3. The van der Waals surface area contributed by atoms with Gasteiger partial charge in [-0.3, -0.25) is 0 Å². The topological polar surface area (TPSA) is 12.4 Å². The maximum Gasteiger partial charge on any atom is 0.370 e. The van der Waals surface area contributed by atoms with Crippen LogP contribution in [0.2, 0.25) is 0 Å². The Balaban J connectivity index is 2.18. The molecule has 25 heavy (non-hydrogen) atoms. The highest BCUT2D eigenvalue weighted by molar-refractivity contribution is 6.35. The minimum atomic E-state index is -3.66. The standard InChI is InChI=1S/C17H11ClF5N2/c1-25(7-6-16(24-25)17(18,22)23)15-5-3-2-4-10(15)11-8-13(20)14(21)9-12(11)19/h2-9H,1H3/q+1. The Hall–Kier alpha value is -2.25. The summed E-state index contributed by atoms with van der Waals surface area (Å²) < 4.78 is 67.0. The molecule has 2 aromatic carbocycles. The van der Waals surface area contributed by atoms with E-state index in [4.69, 9.17) is 11.6 Å². The van der Waals surface area contributed by atoms with Crippen LogP contribution in [0.1, 0.15) is 0 Å². The molecule has 3 rings (SSSR count). The van der Waals surface area contributed by atoms with Crippen molar-refractivity contribution < 1.29 is 22.0 Å². The van der Waals surface area contributed by atoms with Gasteiger partial charge < -0.3 is 0 Å². The molecule has 0 aromatic heterocycles. The summed E-state index contributed by atoms with van der Waals surface area (Å²) in [7, 11) is 1.47. The molecule has 2 nitrogen and oxygen atoms in total. The fraction of sp³-hybridized carbons (Fsp3) is 0.118. The Bertz CT molecular complexity index is 904. The van der Waals surface area contributed by atoms with Crippen LogP contribution in [0.5, 0.6) is 0 Å². The van der Waals surface area contributed by atoms with Crippen LogP contribution in [0, 0.1) is 17.5 Å². The molecule has 0 bridgehead atoms. The third kappa shape index (κ3) is 3.17. The van der Waals surface area contributed by atoms with Gasteiger partial charge in [-0.15, -0.1) is 4.59 Å². The van der Waals surface area contributed by atoms with Crippen molar-refractivity contribution in [2.75, 3.05) is 7.05 Å². The third-order valence-corrected chi connectivity index (χ3v) is 4.01. The minimum absolute atomic E-state index is 0.189. The Morgan fingerprint density at radius 3 is 2.24 bits per heavy atom. The highest BCUT2D eigenvalue weighted by atomic mass is 35.5. The van der Waals surface area contributed by atoms with Crippen molar-refractivity contribution in [3.05, 3.63) is 66.1 Å². The van der Waals surface area contributed by atoms with Crippen molar-refractivity contribution in [2.45, 2.75) is 5.38 Å². The molecule has 0 spiro atoms. The number of nitrogens with zero attached hydrogens (tertiary/aromatic N) is 2. The maximum absolute atomic E-state index is 14.2. The van der Waals surface area contributed by atoms with E-state index in [0.717, 1.165) is 12.1 Å². The SMILES string of the molecule is C[N+]1(c2ccccc2-c2cc(F)c(F)cc2F)C=CC(C(F)(F)Cl)=N1. The van der Waals surface area contributed by atoms with Gasteiger partial charge in [-0.1, -0.05) is 17.2 Å². The molecule has 0 saturated heterocycles. The van der Waals surface area contributed by atoms with Crippen LogP contribution in [0.25, 0.3) is 11.1 Å². The Morgan fingerprint density at radius 1 is 0.960 bits per heavy atom. The Morgan fingerprint density at radius 2 is 1.60 bits per heavy atom. The van der Waals surface area contributed by atoms with Crippen molar-refractivity contribution in [3.63, 3.8) is 0 Å². The molecule has 130 valence electrons. The van der Waals surface area contributed by atoms with Crippen LogP contribution < -0.4 is 4.59 Å². The number of benzene rings is 2. The first kappa shape index (κ1) is 17.6. The Labute approximate surface area is 145 Å². The van der Waals surface area contributed by atoms with Crippen molar-refractivity contribution in [3.8, 4) is 11.1 Å². The molecule has 0 N–H and O–H groups in total. The van der Waals surface area contributed by atoms with E-state index in [-0.39, 0.29) is 11.1 Å². The number of allylic oxidation sites excluding steroid dienone is 1. The second kappa shape index (κ2) is 5.93. The molecule has 8 heteroatoms. The molecule has 0 aliphatic carbocycles. The summed E-state index contributed by atoms with van der Waals surface area (Å²) in [6.45, 7) is 0. The van der Waals surface area contributed by atoms with Gasteiger partial charge in [0.1, 0.15) is 19.1 Å². The molecule has 1 aliphatic heterocycles. The highest BCUT2D eigenvalue weighted by Crippen LogP contribution is 2.39. The number of halogens is 6. The number of para-hydroxylation sites is 1. The van der Waals surface area contributed by atoms with Crippen molar-refractivity contribution in [1.82, 2.24) is 4.59 Å². The zero-order valence-corrected chi connectivity index (χ0v) is 13.5. The molecular formula is C17H11ClF5N2+. The molecule has 1 atom stereocenters. The van der Waals surface area contributed by atoms with Gasteiger partial charge in [-0.2, -0.15) is 8.78 Å². The van der Waals surface area contributed by atoms with Gasteiger partial charge in [0.25, 0.3) is 0 Å². The highest BCUT2D eigenvalue weighted by Gasteiger charge is 2.41. The summed E-state index contributed by atoms with van der Waals surface area (Å²) in [4.78, 5) is 0.